The first-order valence-electron chi connectivity index (χ1n) is 7.22. The highest BCUT2D eigenvalue weighted by molar-refractivity contribution is 5.88. The zero-order chi connectivity index (χ0) is 15.0. The van der Waals surface area contributed by atoms with Gasteiger partial charge in [0.15, 0.2) is 0 Å². The van der Waals surface area contributed by atoms with Gasteiger partial charge in [0.25, 0.3) is 0 Å². The number of anilines is 1. The molecule has 3 rings (SSSR count). The molecule has 2 atom stereocenters. The molecule has 7 heteroatoms. The summed E-state index contributed by atoms with van der Waals surface area (Å²) in [6.07, 6.45) is 6.73. The van der Waals surface area contributed by atoms with E-state index in [-0.39, 0.29) is 11.3 Å². The fraction of sp³-hybridized carbons (Fsp3) is 0.571. The molecular formula is C14H17N3O4. The van der Waals surface area contributed by atoms with Crippen LogP contribution in [0.3, 0.4) is 0 Å². The van der Waals surface area contributed by atoms with Crippen LogP contribution in [-0.4, -0.2) is 33.6 Å². The highest BCUT2D eigenvalue weighted by atomic mass is 16.6. The second-order valence-corrected chi connectivity index (χ2v) is 5.72. The van der Waals surface area contributed by atoms with Crippen LogP contribution >= 0.6 is 0 Å². The van der Waals surface area contributed by atoms with Gasteiger partial charge in [0.2, 0.25) is 5.82 Å². The lowest BCUT2D eigenvalue weighted by molar-refractivity contribution is -0.384. The maximum atomic E-state index is 11.3. The van der Waals surface area contributed by atoms with Crippen molar-refractivity contribution in [2.75, 3.05) is 11.4 Å². The Morgan fingerprint density at radius 3 is 2.86 bits per heavy atom. The van der Waals surface area contributed by atoms with Crippen LogP contribution in [-0.2, 0) is 0 Å². The molecule has 0 spiro atoms. The highest BCUT2D eigenvalue weighted by Crippen LogP contribution is 2.41. The minimum Gasteiger partial charge on any atom is -0.478 e. The third-order valence-corrected chi connectivity index (χ3v) is 4.56. The van der Waals surface area contributed by atoms with Gasteiger partial charge < -0.3 is 10.0 Å². The third kappa shape index (κ3) is 2.43. The van der Waals surface area contributed by atoms with Crippen LogP contribution < -0.4 is 4.90 Å². The lowest BCUT2D eigenvalue weighted by Crippen LogP contribution is -2.43. The molecule has 2 fully saturated rings. The first-order valence-corrected chi connectivity index (χ1v) is 7.22. The van der Waals surface area contributed by atoms with E-state index in [1.807, 2.05) is 4.90 Å². The summed E-state index contributed by atoms with van der Waals surface area (Å²) in [5.74, 6) is -0.296. The molecule has 1 saturated carbocycles. The van der Waals surface area contributed by atoms with Crippen molar-refractivity contribution in [3.63, 3.8) is 0 Å². The molecule has 2 aliphatic rings. The van der Waals surface area contributed by atoms with Crippen molar-refractivity contribution in [1.82, 2.24) is 4.98 Å². The van der Waals surface area contributed by atoms with E-state index in [4.69, 9.17) is 5.11 Å². The van der Waals surface area contributed by atoms with E-state index in [2.05, 4.69) is 4.98 Å². The second kappa shape index (κ2) is 5.31. The van der Waals surface area contributed by atoms with Crippen LogP contribution in [0.4, 0.5) is 11.5 Å². The van der Waals surface area contributed by atoms with E-state index in [1.54, 1.807) is 0 Å². The van der Waals surface area contributed by atoms with Crippen LogP contribution in [0.25, 0.3) is 0 Å². The normalized spacial score (nSPS) is 24.7. The van der Waals surface area contributed by atoms with E-state index in [9.17, 15) is 14.9 Å². The molecule has 7 nitrogen and oxygen atoms in total. The summed E-state index contributed by atoms with van der Waals surface area (Å²) in [5, 5.41) is 20.2. The maximum absolute atomic E-state index is 11.3. The van der Waals surface area contributed by atoms with Gasteiger partial charge in [-0.15, -0.1) is 0 Å². The Kier molecular flexibility index (Phi) is 3.48. The first-order chi connectivity index (χ1) is 10.1. The Morgan fingerprint density at radius 1 is 1.38 bits per heavy atom. The summed E-state index contributed by atoms with van der Waals surface area (Å²) in [4.78, 5) is 27.8. The highest BCUT2D eigenvalue weighted by Gasteiger charge is 2.38. The molecule has 1 N–H and O–H groups in total. The Labute approximate surface area is 121 Å². The zero-order valence-electron chi connectivity index (χ0n) is 11.6. The van der Waals surface area contributed by atoms with E-state index in [1.165, 1.54) is 19.0 Å². The number of carboxylic acids is 1. The number of nitrogens with zero attached hydrogens (tertiary/aromatic N) is 3. The minimum atomic E-state index is -1.20. The summed E-state index contributed by atoms with van der Waals surface area (Å²) in [6, 6.07) is 1.42. The van der Waals surface area contributed by atoms with Gasteiger partial charge >= 0.3 is 11.7 Å². The van der Waals surface area contributed by atoms with Crippen LogP contribution in [0, 0.1) is 16.0 Å². The Balaban J connectivity index is 2.00. The van der Waals surface area contributed by atoms with Crippen molar-refractivity contribution in [2.45, 2.75) is 38.1 Å². The third-order valence-electron chi connectivity index (χ3n) is 4.56. The maximum Gasteiger partial charge on any atom is 0.337 e. The van der Waals surface area contributed by atoms with Crippen molar-refractivity contribution < 1.29 is 14.8 Å². The monoisotopic (exact) mass is 291 g/mol. The molecule has 0 amide bonds. The fourth-order valence-corrected chi connectivity index (χ4v) is 3.64. The van der Waals surface area contributed by atoms with Gasteiger partial charge in [-0.2, -0.15) is 0 Å². The largest absolute Gasteiger partial charge is 0.478 e. The Bertz CT molecular complexity index is 590. The summed E-state index contributed by atoms with van der Waals surface area (Å²) >= 11 is 0. The van der Waals surface area contributed by atoms with E-state index >= 15 is 0 Å². The number of rotatable bonds is 3. The SMILES string of the molecule is O=C(O)c1cnc(N2CCCC3CCCC32)c([N+](=O)[O-])c1. The number of nitro groups is 1. The quantitative estimate of drug-likeness (QED) is 0.678. The van der Waals surface area contributed by atoms with Crippen LogP contribution in [0.15, 0.2) is 12.3 Å². The van der Waals surface area contributed by atoms with E-state index in [0.717, 1.165) is 31.9 Å². The van der Waals surface area contributed by atoms with Crippen molar-refractivity contribution in [2.24, 2.45) is 5.92 Å². The van der Waals surface area contributed by atoms with Gasteiger partial charge in [0.05, 0.1) is 10.5 Å². The van der Waals surface area contributed by atoms with Gasteiger partial charge in [-0.3, -0.25) is 10.1 Å². The summed E-state index contributed by atoms with van der Waals surface area (Å²) in [5.41, 5.74) is -0.354. The number of carboxylic acid groups (broad SMARTS) is 1. The van der Waals surface area contributed by atoms with Crippen molar-refractivity contribution in [1.29, 1.82) is 0 Å². The molecule has 0 radical (unpaired) electrons. The van der Waals surface area contributed by atoms with E-state index in [0.29, 0.717) is 17.8 Å². The topological polar surface area (TPSA) is 96.6 Å². The lowest BCUT2D eigenvalue weighted by Gasteiger charge is -2.38. The van der Waals surface area contributed by atoms with Gasteiger partial charge in [0.1, 0.15) is 0 Å². The van der Waals surface area contributed by atoms with Crippen molar-refractivity contribution in [3.8, 4) is 0 Å². The Hall–Kier alpha value is -2.18. The average Bonchev–Trinajstić information content (AvgIpc) is 2.94. The van der Waals surface area contributed by atoms with Crippen LogP contribution in [0.5, 0.6) is 0 Å². The summed E-state index contributed by atoms with van der Waals surface area (Å²) < 4.78 is 0. The Morgan fingerprint density at radius 2 is 2.14 bits per heavy atom. The smallest absolute Gasteiger partial charge is 0.337 e. The lowest BCUT2D eigenvalue weighted by atomic mass is 9.92. The number of pyridine rings is 1. The molecule has 21 heavy (non-hydrogen) atoms. The number of aromatic nitrogens is 1. The van der Waals surface area contributed by atoms with E-state index < -0.39 is 10.9 Å². The molecule has 1 aliphatic carbocycles. The minimum absolute atomic E-state index is 0.148. The molecule has 1 aliphatic heterocycles. The van der Waals surface area contributed by atoms with Crippen molar-refractivity contribution in [3.05, 3.63) is 27.9 Å². The number of aromatic carboxylic acids is 1. The predicted molar refractivity (Wildman–Crippen MR) is 75.6 cm³/mol. The predicted octanol–water partition coefficient (Wildman–Crippen LogP) is 2.46. The second-order valence-electron chi connectivity index (χ2n) is 5.72. The molecule has 2 unspecified atom stereocenters. The number of hydrogen-bond donors (Lipinski definition) is 1. The van der Waals surface area contributed by atoms with Gasteiger partial charge in [-0.1, -0.05) is 6.42 Å². The van der Waals surface area contributed by atoms with Gasteiger partial charge in [0, 0.05) is 24.8 Å². The molecule has 1 saturated heterocycles. The molecule has 0 bridgehead atoms. The fourth-order valence-electron chi connectivity index (χ4n) is 3.64. The number of hydrogen-bond acceptors (Lipinski definition) is 5. The van der Waals surface area contributed by atoms with Crippen LogP contribution in [0.2, 0.25) is 0 Å². The summed E-state index contributed by atoms with van der Waals surface area (Å²) in [7, 11) is 0. The molecule has 1 aromatic heterocycles. The number of piperidine rings is 1. The zero-order valence-corrected chi connectivity index (χ0v) is 11.6. The molecule has 112 valence electrons. The van der Waals surface area contributed by atoms with Crippen molar-refractivity contribution >= 4 is 17.5 Å². The molecule has 2 heterocycles. The van der Waals surface area contributed by atoms with Gasteiger partial charge in [-0.25, -0.2) is 9.78 Å². The summed E-state index contributed by atoms with van der Waals surface area (Å²) in [6.45, 7) is 0.751. The number of carbonyl (C=O) groups is 1. The first kappa shape index (κ1) is 13.8. The number of fused-ring (bicyclic) bond motifs is 1. The molecular weight excluding hydrogens is 274 g/mol. The standard InChI is InChI=1S/C14H17N3O4/c18-14(19)10-7-12(17(20)21)13(15-8-10)16-6-2-4-9-3-1-5-11(9)16/h7-9,11H,1-6H2,(H,18,19). The van der Waals surface area contributed by atoms with Gasteiger partial charge in [-0.05, 0) is 31.6 Å². The average molecular weight is 291 g/mol. The molecule has 0 aromatic carbocycles. The van der Waals surface area contributed by atoms with Crippen LogP contribution in [0.1, 0.15) is 42.5 Å². The molecule has 1 aromatic rings.